The van der Waals surface area contributed by atoms with Crippen molar-refractivity contribution in [3.63, 3.8) is 0 Å². The SMILES string of the molecule is CCOC(=O)c1ccc(OCC(=O)NNC(=O)COc2ccccc2)cc1. The predicted molar refractivity (Wildman–Crippen MR) is 96.1 cm³/mol. The summed E-state index contributed by atoms with van der Waals surface area (Å²) in [5, 5.41) is 0. The lowest BCUT2D eigenvalue weighted by Crippen LogP contribution is -2.45. The van der Waals surface area contributed by atoms with Crippen molar-refractivity contribution in [2.45, 2.75) is 6.92 Å². The molecule has 27 heavy (non-hydrogen) atoms. The number of amides is 2. The Kier molecular flexibility index (Phi) is 7.65. The molecule has 0 bridgehead atoms. The molecule has 0 saturated carbocycles. The third-order valence-electron chi connectivity index (χ3n) is 3.19. The zero-order valence-electron chi connectivity index (χ0n) is 14.8. The summed E-state index contributed by atoms with van der Waals surface area (Å²) in [4.78, 5) is 34.8. The van der Waals surface area contributed by atoms with E-state index in [4.69, 9.17) is 14.2 Å². The zero-order chi connectivity index (χ0) is 19.5. The lowest BCUT2D eigenvalue weighted by molar-refractivity contribution is -0.131. The maximum Gasteiger partial charge on any atom is 0.338 e. The topological polar surface area (TPSA) is 103 Å². The molecule has 0 aliphatic rings. The molecule has 142 valence electrons. The highest BCUT2D eigenvalue weighted by Gasteiger charge is 2.08. The molecular weight excluding hydrogens is 352 g/mol. The summed E-state index contributed by atoms with van der Waals surface area (Å²) in [6.07, 6.45) is 0. The summed E-state index contributed by atoms with van der Waals surface area (Å²) >= 11 is 0. The molecule has 2 N–H and O–H groups in total. The first-order valence-electron chi connectivity index (χ1n) is 8.24. The fourth-order valence-electron chi connectivity index (χ4n) is 1.93. The van der Waals surface area contributed by atoms with Crippen molar-refractivity contribution in [3.05, 3.63) is 60.2 Å². The van der Waals surface area contributed by atoms with Crippen LogP contribution in [-0.2, 0) is 14.3 Å². The van der Waals surface area contributed by atoms with Gasteiger partial charge in [-0.05, 0) is 43.3 Å². The van der Waals surface area contributed by atoms with Crippen LogP contribution >= 0.6 is 0 Å². The van der Waals surface area contributed by atoms with Crippen LogP contribution in [0.4, 0.5) is 0 Å². The Labute approximate surface area is 156 Å². The van der Waals surface area contributed by atoms with Gasteiger partial charge in [-0.15, -0.1) is 0 Å². The Morgan fingerprint density at radius 2 is 1.30 bits per heavy atom. The van der Waals surface area contributed by atoms with Gasteiger partial charge in [-0.3, -0.25) is 20.4 Å². The summed E-state index contributed by atoms with van der Waals surface area (Å²) in [5.74, 6) is -0.531. The minimum atomic E-state index is -0.544. The van der Waals surface area contributed by atoms with Crippen LogP contribution in [0.25, 0.3) is 0 Å². The molecule has 0 heterocycles. The molecule has 0 aliphatic carbocycles. The summed E-state index contributed by atoms with van der Waals surface area (Å²) in [5.41, 5.74) is 4.83. The number of hydrogen-bond donors (Lipinski definition) is 2. The van der Waals surface area contributed by atoms with E-state index in [2.05, 4.69) is 10.9 Å². The molecule has 0 fully saturated rings. The van der Waals surface area contributed by atoms with Crippen LogP contribution in [0.5, 0.6) is 11.5 Å². The molecule has 2 aromatic rings. The van der Waals surface area contributed by atoms with Crippen molar-refractivity contribution in [3.8, 4) is 11.5 Å². The molecule has 0 radical (unpaired) electrons. The smallest absolute Gasteiger partial charge is 0.338 e. The van der Waals surface area contributed by atoms with Crippen LogP contribution in [0.2, 0.25) is 0 Å². The Morgan fingerprint density at radius 3 is 1.81 bits per heavy atom. The van der Waals surface area contributed by atoms with Gasteiger partial charge in [0, 0.05) is 0 Å². The highest BCUT2D eigenvalue weighted by molar-refractivity contribution is 5.89. The molecular formula is C19H20N2O6. The second-order valence-corrected chi connectivity index (χ2v) is 5.23. The number of carbonyl (C=O) groups is 3. The highest BCUT2D eigenvalue weighted by atomic mass is 16.5. The van der Waals surface area contributed by atoms with Crippen LogP contribution in [0.15, 0.2) is 54.6 Å². The Bertz CT molecular complexity index is 762. The van der Waals surface area contributed by atoms with Gasteiger partial charge in [0.2, 0.25) is 0 Å². The number of para-hydroxylation sites is 1. The van der Waals surface area contributed by atoms with Crippen molar-refractivity contribution in [1.29, 1.82) is 0 Å². The molecule has 0 spiro atoms. The summed E-state index contributed by atoms with van der Waals surface area (Å²) in [6, 6.07) is 15.0. The van der Waals surface area contributed by atoms with Gasteiger partial charge in [-0.25, -0.2) is 4.79 Å². The predicted octanol–water partition coefficient (Wildman–Crippen LogP) is 1.47. The van der Waals surface area contributed by atoms with Gasteiger partial charge in [-0.1, -0.05) is 18.2 Å². The van der Waals surface area contributed by atoms with Crippen molar-refractivity contribution in [2.75, 3.05) is 19.8 Å². The van der Waals surface area contributed by atoms with Gasteiger partial charge < -0.3 is 14.2 Å². The Morgan fingerprint density at radius 1 is 0.778 bits per heavy atom. The van der Waals surface area contributed by atoms with E-state index in [1.165, 1.54) is 12.1 Å². The molecule has 2 aromatic carbocycles. The van der Waals surface area contributed by atoms with Gasteiger partial charge in [0.25, 0.3) is 11.8 Å². The van der Waals surface area contributed by atoms with Crippen molar-refractivity contribution in [1.82, 2.24) is 10.9 Å². The molecule has 0 atom stereocenters. The van der Waals surface area contributed by atoms with Gasteiger partial charge >= 0.3 is 5.97 Å². The molecule has 0 aromatic heterocycles. The van der Waals surface area contributed by atoms with E-state index in [0.29, 0.717) is 23.7 Å². The van der Waals surface area contributed by atoms with E-state index < -0.39 is 17.8 Å². The van der Waals surface area contributed by atoms with Crippen molar-refractivity contribution in [2.24, 2.45) is 0 Å². The Hall–Kier alpha value is -3.55. The average molecular weight is 372 g/mol. The van der Waals surface area contributed by atoms with Crippen LogP contribution in [-0.4, -0.2) is 37.6 Å². The summed E-state index contributed by atoms with van der Waals surface area (Å²) in [6.45, 7) is 1.47. The minimum absolute atomic E-state index is 0.236. The largest absolute Gasteiger partial charge is 0.484 e. The maximum atomic E-state index is 11.7. The quantitative estimate of drug-likeness (QED) is 0.537. The second kappa shape index (κ2) is 10.4. The van der Waals surface area contributed by atoms with Crippen LogP contribution in [0.3, 0.4) is 0 Å². The lowest BCUT2D eigenvalue weighted by Gasteiger charge is -2.10. The number of hydrogen-bond acceptors (Lipinski definition) is 6. The third kappa shape index (κ3) is 7.07. The van der Waals surface area contributed by atoms with E-state index in [-0.39, 0.29) is 13.2 Å². The molecule has 0 saturated heterocycles. The first-order chi connectivity index (χ1) is 13.1. The van der Waals surface area contributed by atoms with Crippen molar-refractivity contribution >= 4 is 17.8 Å². The molecule has 8 nitrogen and oxygen atoms in total. The third-order valence-corrected chi connectivity index (χ3v) is 3.19. The standard InChI is InChI=1S/C19H20N2O6/c1-2-25-19(24)14-8-10-16(11-9-14)27-13-18(23)21-20-17(22)12-26-15-6-4-3-5-7-15/h3-11H,2,12-13H2,1H3,(H,20,22)(H,21,23). The van der Waals surface area contributed by atoms with Gasteiger partial charge in [0.05, 0.1) is 12.2 Å². The second-order valence-electron chi connectivity index (χ2n) is 5.23. The van der Waals surface area contributed by atoms with Crippen LogP contribution < -0.4 is 20.3 Å². The van der Waals surface area contributed by atoms with Gasteiger partial charge in [-0.2, -0.15) is 0 Å². The number of esters is 1. The number of nitrogens with one attached hydrogen (secondary N) is 2. The van der Waals surface area contributed by atoms with Crippen LogP contribution in [0, 0.1) is 0 Å². The van der Waals surface area contributed by atoms with E-state index in [1.54, 1.807) is 43.3 Å². The fraction of sp³-hybridized carbons (Fsp3) is 0.211. The van der Waals surface area contributed by atoms with E-state index in [9.17, 15) is 14.4 Å². The normalized spacial score (nSPS) is 9.81. The van der Waals surface area contributed by atoms with E-state index in [1.807, 2.05) is 6.07 Å². The first kappa shape index (κ1) is 19.8. The molecule has 2 rings (SSSR count). The summed E-state index contributed by atoms with van der Waals surface area (Å²) in [7, 11) is 0. The highest BCUT2D eigenvalue weighted by Crippen LogP contribution is 2.13. The molecule has 8 heteroatoms. The number of carbonyl (C=O) groups excluding carboxylic acids is 3. The van der Waals surface area contributed by atoms with Gasteiger partial charge in [0.1, 0.15) is 11.5 Å². The van der Waals surface area contributed by atoms with Crippen molar-refractivity contribution < 1.29 is 28.6 Å². The Balaban J connectivity index is 1.66. The van der Waals surface area contributed by atoms with Crippen LogP contribution in [0.1, 0.15) is 17.3 Å². The monoisotopic (exact) mass is 372 g/mol. The maximum absolute atomic E-state index is 11.7. The molecule has 0 aliphatic heterocycles. The van der Waals surface area contributed by atoms with Gasteiger partial charge in [0.15, 0.2) is 13.2 Å². The minimum Gasteiger partial charge on any atom is -0.484 e. The van der Waals surface area contributed by atoms with E-state index in [0.717, 1.165) is 0 Å². The summed E-state index contributed by atoms with van der Waals surface area (Å²) < 4.78 is 15.4. The lowest BCUT2D eigenvalue weighted by atomic mass is 10.2. The first-order valence-corrected chi connectivity index (χ1v) is 8.24. The molecule has 0 unspecified atom stereocenters. The number of benzene rings is 2. The fourth-order valence-corrected chi connectivity index (χ4v) is 1.93. The number of ether oxygens (including phenoxy) is 3. The van der Waals surface area contributed by atoms with E-state index >= 15 is 0 Å². The average Bonchev–Trinajstić information content (AvgIpc) is 2.70. The molecule has 2 amide bonds. The number of rotatable bonds is 8. The zero-order valence-corrected chi connectivity index (χ0v) is 14.8. The number of hydrazine groups is 1.